The van der Waals surface area contributed by atoms with E-state index in [-0.39, 0.29) is 5.56 Å². The first-order chi connectivity index (χ1) is 6.75. The van der Waals surface area contributed by atoms with Crippen molar-refractivity contribution < 1.29 is 8.78 Å². The maximum absolute atomic E-state index is 13.0. The maximum atomic E-state index is 13.0. The molecule has 0 saturated carbocycles. The van der Waals surface area contributed by atoms with Crippen LogP contribution in [0.4, 0.5) is 8.78 Å². The molecule has 0 unspecified atom stereocenters. The van der Waals surface area contributed by atoms with Gasteiger partial charge in [0, 0.05) is 12.1 Å². The lowest BCUT2D eigenvalue weighted by atomic mass is 10.2. The van der Waals surface area contributed by atoms with Crippen molar-refractivity contribution in [3.63, 3.8) is 0 Å². The standard InChI is InChI=1S/C11H13F2N/c1-2-14-8-4-5-9-10(12)6-3-7-11(9)13/h3-7,14H,2,8H2,1H3. The third-order valence-corrected chi connectivity index (χ3v) is 1.80. The molecule has 0 fully saturated rings. The fraction of sp³-hybridized carbons (Fsp3) is 0.273. The molecule has 0 heterocycles. The Bertz CT molecular complexity index is 301. The molecule has 0 aromatic heterocycles. The van der Waals surface area contributed by atoms with Crippen LogP contribution >= 0.6 is 0 Å². The predicted octanol–water partition coefficient (Wildman–Crippen LogP) is 2.59. The van der Waals surface area contributed by atoms with Crippen LogP contribution in [0.5, 0.6) is 0 Å². The van der Waals surface area contributed by atoms with Crippen LogP contribution < -0.4 is 5.32 Å². The van der Waals surface area contributed by atoms with Gasteiger partial charge in [-0.2, -0.15) is 0 Å². The van der Waals surface area contributed by atoms with E-state index in [2.05, 4.69) is 5.32 Å². The minimum absolute atomic E-state index is 0.0189. The lowest BCUT2D eigenvalue weighted by Crippen LogP contribution is -2.11. The van der Waals surface area contributed by atoms with Crippen molar-refractivity contribution in [3.05, 3.63) is 41.5 Å². The second-order valence-electron chi connectivity index (χ2n) is 2.85. The molecule has 1 aromatic rings. The minimum atomic E-state index is -0.530. The van der Waals surface area contributed by atoms with Gasteiger partial charge in [0.2, 0.25) is 0 Å². The third-order valence-electron chi connectivity index (χ3n) is 1.80. The summed E-state index contributed by atoms with van der Waals surface area (Å²) in [5.41, 5.74) is 0.0189. The molecule has 0 saturated heterocycles. The lowest BCUT2D eigenvalue weighted by Gasteiger charge is -1.98. The van der Waals surface area contributed by atoms with E-state index < -0.39 is 11.6 Å². The third kappa shape index (κ3) is 2.92. The molecule has 0 bridgehead atoms. The van der Waals surface area contributed by atoms with Gasteiger partial charge in [-0.05, 0) is 18.7 Å². The smallest absolute Gasteiger partial charge is 0.133 e. The van der Waals surface area contributed by atoms with E-state index in [1.807, 2.05) is 6.92 Å². The first-order valence-corrected chi connectivity index (χ1v) is 4.57. The van der Waals surface area contributed by atoms with Gasteiger partial charge in [-0.1, -0.05) is 25.1 Å². The Hall–Kier alpha value is -1.22. The number of halogens is 2. The van der Waals surface area contributed by atoms with Crippen LogP contribution in [-0.4, -0.2) is 13.1 Å². The number of benzene rings is 1. The molecule has 0 aliphatic carbocycles. The van der Waals surface area contributed by atoms with Gasteiger partial charge in [-0.15, -0.1) is 0 Å². The fourth-order valence-corrected chi connectivity index (χ4v) is 1.07. The molecule has 1 N–H and O–H groups in total. The van der Waals surface area contributed by atoms with Crippen LogP contribution in [0.2, 0.25) is 0 Å². The van der Waals surface area contributed by atoms with E-state index in [9.17, 15) is 8.78 Å². The summed E-state index contributed by atoms with van der Waals surface area (Å²) in [4.78, 5) is 0. The molecule has 1 aromatic carbocycles. The van der Waals surface area contributed by atoms with Crippen LogP contribution in [0.1, 0.15) is 12.5 Å². The Morgan fingerprint density at radius 2 is 1.93 bits per heavy atom. The summed E-state index contributed by atoms with van der Waals surface area (Å²) in [6, 6.07) is 3.85. The molecule has 0 atom stereocenters. The van der Waals surface area contributed by atoms with E-state index >= 15 is 0 Å². The summed E-state index contributed by atoms with van der Waals surface area (Å²) < 4.78 is 26.1. The van der Waals surface area contributed by atoms with E-state index in [0.29, 0.717) is 6.54 Å². The van der Waals surface area contributed by atoms with Crippen LogP contribution in [-0.2, 0) is 0 Å². The topological polar surface area (TPSA) is 12.0 Å². The molecule has 0 aliphatic heterocycles. The van der Waals surface area contributed by atoms with Crippen LogP contribution in [0.3, 0.4) is 0 Å². The quantitative estimate of drug-likeness (QED) is 0.731. The largest absolute Gasteiger partial charge is 0.314 e. The van der Waals surface area contributed by atoms with Crippen molar-refractivity contribution >= 4 is 6.08 Å². The van der Waals surface area contributed by atoms with Gasteiger partial charge in [0.1, 0.15) is 11.6 Å². The highest BCUT2D eigenvalue weighted by molar-refractivity contribution is 5.50. The molecule has 0 amide bonds. The summed E-state index contributed by atoms with van der Waals surface area (Å²) in [6.45, 7) is 3.42. The first kappa shape index (κ1) is 10.9. The van der Waals surface area contributed by atoms with Gasteiger partial charge < -0.3 is 5.32 Å². The van der Waals surface area contributed by atoms with Gasteiger partial charge in [0.25, 0.3) is 0 Å². The van der Waals surface area contributed by atoms with Crippen LogP contribution in [0.15, 0.2) is 24.3 Å². The Morgan fingerprint density at radius 1 is 1.29 bits per heavy atom. The highest BCUT2D eigenvalue weighted by Crippen LogP contribution is 2.13. The molecule has 0 aliphatic rings. The van der Waals surface area contributed by atoms with Gasteiger partial charge in [-0.3, -0.25) is 0 Å². The average Bonchev–Trinajstić information content (AvgIpc) is 2.16. The van der Waals surface area contributed by atoms with E-state index in [1.165, 1.54) is 24.3 Å². The van der Waals surface area contributed by atoms with Crippen molar-refractivity contribution in [2.75, 3.05) is 13.1 Å². The van der Waals surface area contributed by atoms with Crippen molar-refractivity contribution in [2.45, 2.75) is 6.92 Å². The molecule has 14 heavy (non-hydrogen) atoms. The van der Waals surface area contributed by atoms with Gasteiger partial charge in [0.05, 0.1) is 0 Å². The number of nitrogens with one attached hydrogen (secondary N) is 1. The Labute approximate surface area is 82.4 Å². The summed E-state index contributed by atoms with van der Waals surface area (Å²) in [6.07, 6.45) is 3.15. The first-order valence-electron chi connectivity index (χ1n) is 4.57. The van der Waals surface area contributed by atoms with E-state index in [0.717, 1.165) is 6.54 Å². The Kier molecular flexibility index (Phi) is 4.26. The number of likely N-dealkylation sites (N-methyl/N-ethyl adjacent to an activating group) is 1. The SMILES string of the molecule is CCNCC=Cc1c(F)cccc1F. The van der Waals surface area contributed by atoms with Gasteiger partial charge >= 0.3 is 0 Å². The molecule has 0 spiro atoms. The summed E-state index contributed by atoms with van der Waals surface area (Å²) in [5, 5.41) is 3.03. The second kappa shape index (κ2) is 5.50. The Morgan fingerprint density at radius 3 is 2.50 bits per heavy atom. The summed E-state index contributed by atoms with van der Waals surface area (Å²) >= 11 is 0. The van der Waals surface area contributed by atoms with Crippen LogP contribution in [0.25, 0.3) is 6.08 Å². The maximum Gasteiger partial charge on any atom is 0.133 e. The van der Waals surface area contributed by atoms with Gasteiger partial charge in [-0.25, -0.2) is 8.78 Å². The summed E-state index contributed by atoms with van der Waals surface area (Å²) in [7, 11) is 0. The molecule has 1 rings (SSSR count). The van der Waals surface area contributed by atoms with Crippen molar-refractivity contribution in [2.24, 2.45) is 0 Å². The molecule has 0 radical (unpaired) electrons. The van der Waals surface area contributed by atoms with Crippen molar-refractivity contribution in [1.82, 2.24) is 5.32 Å². The molecule has 3 heteroatoms. The molecular weight excluding hydrogens is 184 g/mol. The van der Waals surface area contributed by atoms with Crippen molar-refractivity contribution in [3.8, 4) is 0 Å². The van der Waals surface area contributed by atoms with E-state index in [1.54, 1.807) is 6.08 Å². The normalized spacial score (nSPS) is 11.1. The lowest BCUT2D eigenvalue weighted by molar-refractivity contribution is 0.578. The average molecular weight is 197 g/mol. The molecule has 76 valence electrons. The zero-order valence-electron chi connectivity index (χ0n) is 8.06. The van der Waals surface area contributed by atoms with E-state index in [4.69, 9.17) is 0 Å². The predicted molar refractivity (Wildman–Crippen MR) is 53.9 cm³/mol. The number of hydrogen-bond acceptors (Lipinski definition) is 1. The molecule has 1 nitrogen and oxygen atoms in total. The second-order valence-corrected chi connectivity index (χ2v) is 2.85. The highest BCUT2D eigenvalue weighted by atomic mass is 19.1. The highest BCUT2D eigenvalue weighted by Gasteiger charge is 2.03. The zero-order valence-corrected chi connectivity index (χ0v) is 8.06. The monoisotopic (exact) mass is 197 g/mol. The summed E-state index contributed by atoms with van der Waals surface area (Å²) in [5.74, 6) is -1.06. The van der Waals surface area contributed by atoms with Crippen LogP contribution in [0, 0.1) is 11.6 Å². The fourth-order valence-electron chi connectivity index (χ4n) is 1.07. The number of hydrogen-bond donors (Lipinski definition) is 1. The Balaban J connectivity index is 2.70. The number of rotatable bonds is 4. The molecular formula is C11H13F2N. The van der Waals surface area contributed by atoms with Gasteiger partial charge in [0.15, 0.2) is 0 Å². The van der Waals surface area contributed by atoms with Crippen molar-refractivity contribution in [1.29, 1.82) is 0 Å². The minimum Gasteiger partial charge on any atom is -0.314 e. The zero-order chi connectivity index (χ0) is 10.4.